The van der Waals surface area contributed by atoms with E-state index < -0.39 is 22.5 Å². The molecule has 0 saturated carbocycles. The Labute approximate surface area is 205 Å². The van der Waals surface area contributed by atoms with Crippen LogP contribution in [0.3, 0.4) is 0 Å². The molecular weight excluding hydrogens is 479 g/mol. The van der Waals surface area contributed by atoms with Gasteiger partial charge in [0.1, 0.15) is 6.54 Å². The zero-order valence-electron chi connectivity index (χ0n) is 18.9. The molecule has 1 atom stereocenters. The zero-order valence-corrected chi connectivity index (χ0v) is 21.2. The fourth-order valence-corrected chi connectivity index (χ4v) is 5.53. The number of nitrogens with zero attached hydrogens (tertiary/aromatic N) is 1. The van der Waals surface area contributed by atoms with E-state index in [1.54, 1.807) is 24.3 Å². The monoisotopic (exact) mass is 504 g/mol. The fourth-order valence-electron chi connectivity index (χ4n) is 3.64. The molecule has 3 rings (SSSR count). The summed E-state index contributed by atoms with van der Waals surface area (Å²) in [5.41, 5.74) is 4.46. The molecule has 5 nitrogen and oxygen atoms in total. The number of anilines is 1. The van der Waals surface area contributed by atoms with E-state index in [1.807, 2.05) is 33.8 Å². The first-order valence-electron chi connectivity index (χ1n) is 10.4. The van der Waals surface area contributed by atoms with Gasteiger partial charge >= 0.3 is 0 Å². The molecule has 0 bridgehead atoms. The standard InChI is InChI=1S/C25H26Cl2N2O3S/c1-16-12-18(3)22(13-17(16)2)19(4)28-25(30)15-29(24-14-20(26)10-11-23(24)27)33(31,32)21-8-6-5-7-9-21/h5-14,19H,15H2,1-4H3,(H,28,30)/t19-/m1/s1. The van der Waals surface area contributed by atoms with Crippen molar-refractivity contribution < 1.29 is 13.2 Å². The zero-order chi connectivity index (χ0) is 24.3. The van der Waals surface area contributed by atoms with Crippen LogP contribution < -0.4 is 9.62 Å². The summed E-state index contributed by atoms with van der Waals surface area (Å²) in [5, 5.41) is 3.40. The highest BCUT2D eigenvalue weighted by Gasteiger charge is 2.29. The van der Waals surface area contributed by atoms with Gasteiger partial charge in [-0.25, -0.2) is 8.42 Å². The van der Waals surface area contributed by atoms with Crippen LogP contribution in [0.2, 0.25) is 10.0 Å². The summed E-state index contributed by atoms with van der Waals surface area (Å²) in [5.74, 6) is -0.462. The average molecular weight is 505 g/mol. The topological polar surface area (TPSA) is 66.5 Å². The maximum absolute atomic E-state index is 13.5. The number of sulfonamides is 1. The van der Waals surface area contributed by atoms with E-state index >= 15 is 0 Å². The van der Waals surface area contributed by atoms with Gasteiger partial charge < -0.3 is 5.32 Å². The first-order chi connectivity index (χ1) is 15.5. The lowest BCUT2D eigenvalue weighted by Crippen LogP contribution is -2.41. The fraction of sp³-hybridized carbons (Fsp3) is 0.240. The Bertz CT molecular complexity index is 1280. The van der Waals surface area contributed by atoms with Crippen LogP contribution in [-0.4, -0.2) is 20.9 Å². The lowest BCUT2D eigenvalue weighted by Gasteiger charge is -2.26. The summed E-state index contributed by atoms with van der Waals surface area (Å²) in [6.07, 6.45) is 0. The number of hydrogen-bond acceptors (Lipinski definition) is 3. The molecule has 1 amide bonds. The van der Waals surface area contributed by atoms with Crippen LogP contribution in [0.15, 0.2) is 65.6 Å². The van der Waals surface area contributed by atoms with E-state index in [1.165, 1.54) is 29.8 Å². The van der Waals surface area contributed by atoms with Gasteiger partial charge in [-0.15, -0.1) is 0 Å². The predicted molar refractivity (Wildman–Crippen MR) is 135 cm³/mol. The predicted octanol–water partition coefficient (Wildman–Crippen LogP) is 5.99. The number of carbonyl (C=O) groups is 1. The average Bonchev–Trinajstić information content (AvgIpc) is 2.76. The maximum Gasteiger partial charge on any atom is 0.264 e. The van der Waals surface area contributed by atoms with Gasteiger partial charge in [-0.3, -0.25) is 9.10 Å². The van der Waals surface area contributed by atoms with Crippen LogP contribution in [0, 0.1) is 20.8 Å². The van der Waals surface area contributed by atoms with Crippen molar-refractivity contribution in [1.29, 1.82) is 0 Å². The molecule has 0 unspecified atom stereocenters. The smallest absolute Gasteiger partial charge is 0.264 e. The molecule has 0 aromatic heterocycles. The lowest BCUT2D eigenvalue weighted by molar-refractivity contribution is -0.120. The Hall–Kier alpha value is -2.54. The van der Waals surface area contributed by atoms with E-state index in [2.05, 4.69) is 11.4 Å². The Morgan fingerprint density at radius 1 is 0.939 bits per heavy atom. The molecule has 0 saturated heterocycles. The number of rotatable bonds is 7. The van der Waals surface area contributed by atoms with Crippen LogP contribution in [0.5, 0.6) is 0 Å². The third kappa shape index (κ3) is 5.69. The number of carbonyl (C=O) groups excluding carboxylic acids is 1. The van der Waals surface area contributed by atoms with E-state index in [0.717, 1.165) is 21.0 Å². The minimum atomic E-state index is -4.08. The first-order valence-corrected chi connectivity index (χ1v) is 12.6. The molecule has 3 aromatic rings. The Kier molecular flexibility index (Phi) is 7.73. The quantitative estimate of drug-likeness (QED) is 0.429. The third-order valence-corrected chi connectivity index (χ3v) is 7.85. The molecule has 0 radical (unpaired) electrons. The van der Waals surface area contributed by atoms with Crippen molar-refractivity contribution in [2.45, 2.75) is 38.6 Å². The summed E-state index contributed by atoms with van der Waals surface area (Å²) in [4.78, 5) is 13.1. The van der Waals surface area contributed by atoms with Crippen LogP contribution in [0.1, 0.15) is 35.2 Å². The van der Waals surface area contributed by atoms with E-state index in [4.69, 9.17) is 23.2 Å². The normalized spacial score (nSPS) is 12.3. The molecule has 0 aliphatic carbocycles. The highest BCUT2D eigenvalue weighted by Crippen LogP contribution is 2.33. The van der Waals surface area contributed by atoms with Crippen molar-refractivity contribution in [1.82, 2.24) is 5.32 Å². The van der Waals surface area contributed by atoms with Gasteiger partial charge in [0.15, 0.2) is 0 Å². The van der Waals surface area contributed by atoms with Crippen molar-refractivity contribution in [3.05, 3.63) is 93.0 Å². The van der Waals surface area contributed by atoms with Gasteiger partial charge in [0, 0.05) is 5.02 Å². The summed E-state index contributed by atoms with van der Waals surface area (Å²) < 4.78 is 27.9. The maximum atomic E-state index is 13.5. The van der Waals surface area contributed by atoms with Crippen LogP contribution in [0.25, 0.3) is 0 Å². The first kappa shape index (κ1) is 25.1. The summed E-state index contributed by atoms with van der Waals surface area (Å²) >= 11 is 12.4. The molecule has 0 spiro atoms. The minimum Gasteiger partial charge on any atom is -0.348 e. The van der Waals surface area contributed by atoms with Gasteiger partial charge in [0.2, 0.25) is 5.91 Å². The highest BCUT2D eigenvalue weighted by atomic mass is 35.5. The van der Waals surface area contributed by atoms with Crippen molar-refractivity contribution >= 4 is 44.8 Å². The molecular formula is C25H26Cl2N2O3S. The van der Waals surface area contributed by atoms with Crippen LogP contribution in [-0.2, 0) is 14.8 Å². The second-order valence-corrected chi connectivity index (χ2v) is 10.7. The van der Waals surface area contributed by atoms with Crippen molar-refractivity contribution in [3.63, 3.8) is 0 Å². The van der Waals surface area contributed by atoms with Gasteiger partial charge in [0.25, 0.3) is 10.0 Å². The molecule has 0 aliphatic heterocycles. The van der Waals surface area contributed by atoms with Crippen LogP contribution >= 0.6 is 23.2 Å². The largest absolute Gasteiger partial charge is 0.348 e. The number of amides is 1. The van der Waals surface area contributed by atoms with Gasteiger partial charge in [0.05, 0.1) is 21.6 Å². The van der Waals surface area contributed by atoms with E-state index in [-0.39, 0.29) is 21.6 Å². The van der Waals surface area contributed by atoms with E-state index in [9.17, 15) is 13.2 Å². The summed E-state index contributed by atoms with van der Waals surface area (Å²) in [6, 6.07) is 16.2. The Balaban J connectivity index is 1.94. The Morgan fingerprint density at radius 2 is 1.58 bits per heavy atom. The highest BCUT2D eigenvalue weighted by molar-refractivity contribution is 7.92. The minimum absolute atomic E-state index is 0.0481. The van der Waals surface area contributed by atoms with Crippen molar-refractivity contribution in [2.75, 3.05) is 10.8 Å². The molecule has 174 valence electrons. The van der Waals surface area contributed by atoms with Crippen LogP contribution in [0.4, 0.5) is 5.69 Å². The van der Waals surface area contributed by atoms with Crippen molar-refractivity contribution in [3.8, 4) is 0 Å². The second-order valence-electron chi connectivity index (χ2n) is 8.00. The molecule has 1 N–H and O–H groups in total. The van der Waals surface area contributed by atoms with Crippen molar-refractivity contribution in [2.24, 2.45) is 0 Å². The van der Waals surface area contributed by atoms with E-state index in [0.29, 0.717) is 5.02 Å². The molecule has 8 heteroatoms. The number of aryl methyl sites for hydroxylation is 3. The molecule has 0 aliphatic rings. The summed E-state index contributed by atoms with van der Waals surface area (Å²) in [7, 11) is -4.08. The molecule has 3 aromatic carbocycles. The SMILES string of the molecule is Cc1cc(C)c([C@@H](C)NC(=O)CN(c2cc(Cl)ccc2Cl)S(=O)(=O)c2ccccc2)cc1C. The molecule has 33 heavy (non-hydrogen) atoms. The lowest BCUT2D eigenvalue weighted by atomic mass is 9.96. The van der Waals surface area contributed by atoms with Gasteiger partial charge in [-0.2, -0.15) is 0 Å². The van der Waals surface area contributed by atoms with Gasteiger partial charge in [-0.05, 0) is 80.3 Å². The second kappa shape index (κ2) is 10.2. The number of halogens is 2. The molecule has 0 heterocycles. The van der Waals surface area contributed by atoms with Gasteiger partial charge in [-0.1, -0.05) is 53.5 Å². The number of nitrogens with one attached hydrogen (secondary N) is 1. The number of benzene rings is 3. The molecule has 0 fully saturated rings. The third-order valence-electron chi connectivity index (χ3n) is 5.52. The Morgan fingerprint density at radius 3 is 2.24 bits per heavy atom. The number of hydrogen-bond donors (Lipinski definition) is 1. The summed E-state index contributed by atoms with van der Waals surface area (Å²) in [6.45, 7) is 7.46.